The van der Waals surface area contributed by atoms with Crippen molar-refractivity contribution in [1.29, 1.82) is 0 Å². The van der Waals surface area contributed by atoms with Gasteiger partial charge in [0.1, 0.15) is 0 Å². The first kappa shape index (κ1) is 43.1. The zero-order valence-corrected chi connectivity index (χ0v) is 41.9. The lowest BCUT2D eigenvalue weighted by Crippen LogP contribution is -2.75. The molecule has 1 aliphatic rings. The van der Waals surface area contributed by atoms with Crippen LogP contribution in [0.2, 0.25) is 0 Å². The number of hydrogen-bond donors (Lipinski definition) is 0. The second-order valence-electron chi connectivity index (χ2n) is 21.1. The summed E-state index contributed by atoms with van der Waals surface area (Å²) in [6.45, 7) is 9.79. The molecule has 0 atom stereocenters. The minimum Gasteiger partial charge on any atom is -0.309 e. The van der Waals surface area contributed by atoms with Crippen LogP contribution in [0.15, 0.2) is 243 Å². The van der Waals surface area contributed by atoms with E-state index in [0.29, 0.717) is 0 Å². The monoisotopic (exact) mass is 928 g/mol. The molecular formula is C68H56N2Si. The molecule has 3 heteroatoms. The minimum atomic E-state index is -2.90. The van der Waals surface area contributed by atoms with Crippen LogP contribution in [-0.4, -0.2) is 17.2 Å². The number of benzene rings is 10. The molecule has 71 heavy (non-hydrogen) atoms. The lowest BCUT2D eigenvalue weighted by molar-refractivity contribution is 0.332. The minimum absolute atomic E-state index is 0.0795. The molecule has 0 saturated carbocycles. The molecule has 0 N–H and O–H groups in total. The fourth-order valence-electron chi connectivity index (χ4n) is 12.5. The lowest BCUT2D eigenvalue weighted by atomic mass is 9.63. The van der Waals surface area contributed by atoms with E-state index in [1.54, 1.807) is 0 Å². The van der Waals surface area contributed by atoms with Crippen LogP contribution in [-0.2, 0) is 10.8 Å². The van der Waals surface area contributed by atoms with Crippen LogP contribution in [0.3, 0.4) is 0 Å². The fraction of sp³-hybridized carbons (Fsp3) is 0.118. The average molecular weight is 929 g/mol. The van der Waals surface area contributed by atoms with Crippen LogP contribution in [0.5, 0.6) is 0 Å². The molecule has 0 radical (unpaired) electrons. The van der Waals surface area contributed by atoms with Gasteiger partial charge in [-0.1, -0.05) is 222 Å². The topological polar surface area (TPSA) is 9.86 Å². The lowest BCUT2D eigenvalue weighted by Gasteiger charge is -2.43. The maximum Gasteiger partial charge on any atom is 0.179 e. The van der Waals surface area contributed by atoms with E-state index in [9.17, 15) is 0 Å². The number of para-hydroxylation sites is 2. The van der Waals surface area contributed by atoms with Crippen LogP contribution in [0, 0.1) is 0 Å². The van der Waals surface area contributed by atoms with E-state index in [0.717, 1.165) is 11.4 Å². The maximum absolute atomic E-state index is 2.90. The Bertz CT molecular complexity index is 3950. The summed E-state index contributed by atoms with van der Waals surface area (Å²) in [6, 6.07) is 91.6. The standard InChI is InChI=1S/C68H56N2Si/c1-67(2)41-42-68(3,4)61-46-55(38-39-60(61)67)71(52-26-10-6-11-27-52,53-28-12-7-13-29-53)54-30-19-24-49(44-54)56-33-20-36-65-66(56)58-32-15-17-35-63(58)70(65)51-37-40-64-59(45-51)57-31-14-16-34-62(57)69(64)50-25-18-23-48(43-50)47-21-8-5-9-22-47/h5-40,43-46H,41-42H2,1-4H3. The molecule has 0 aliphatic heterocycles. The van der Waals surface area contributed by atoms with Crippen molar-refractivity contribution in [3.05, 3.63) is 254 Å². The summed E-state index contributed by atoms with van der Waals surface area (Å²) in [6.07, 6.45) is 2.37. The molecule has 2 aromatic heterocycles. The fourth-order valence-corrected chi connectivity index (χ4v) is 17.3. The SMILES string of the molecule is CC1(C)CCC(C)(C)c2cc([Si](c3ccccc3)(c3ccccc3)c3cccc(-c4cccc5c4c4ccccc4n5-c4ccc5c(c4)c4ccccc4n5-c4cccc(-c5ccccc5)c4)c3)ccc21. The highest BCUT2D eigenvalue weighted by Gasteiger charge is 2.44. The van der Waals surface area contributed by atoms with Gasteiger partial charge < -0.3 is 9.13 Å². The van der Waals surface area contributed by atoms with E-state index >= 15 is 0 Å². The quantitative estimate of drug-likeness (QED) is 0.106. The molecule has 0 saturated heterocycles. The van der Waals surface area contributed by atoms with Gasteiger partial charge in [-0.3, -0.25) is 0 Å². The predicted octanol–water partition coefficient (Wildman–Crippen LogP) is 14.9. The molecular weight excluding hydrogens is 873 g/mol. The third-order valence-corrected chi connectivity index (χ3v) is 20.9. The Morgan fingerprint density at radius 2 is 0.831 bits per heavy atom. The molecule has 12 aromatic rings. The summed E-state index contributed by atoms with van der Waals surface area (Å²) in [5, 5.41) is 10.6. The first-order valence-corrected chi connectivity index (χ1v) is 27.3. The first-order valence-electron chi connectivity index (χ1n) is 25.3. The van der Waals surface area contributed by atoms with Crippen molar-refractivity contribution >= 4 is 72.4 Å². The molecule has 0 bridgehead atoms. The first-order chi connectivity index (χ1) is 34.7. The van der Waals surface area contributed by atoms with Crippen LogP contribution >= 0.6 is 0 Å². The van der Waals surface area contributed by atoms with Gasteiger partial charge in [-0.2, -0.15) is 0 Å². The van der Waals surface area contributed by atoms with Gasteiger partial charge in [0, 0.05) is 32.9 Å². The van der Waals surface area contributed by atoms with Gasteiger partial charge in [0.15, 0.2) is 8.07 Å². The van der Waals surface area contributed by atoms with Crippen molar-refractivity contribution in [3.8, 4) is 33.6 Å². The zero-order chi connectivity index (χ0) is 47.9. The van der Waals surface area contributed by atoms with Crippen LogP contribution in [0.25, 0.3) is 77.2 Å². The van der Waals surface area contributed by atoms with Crippen molar-refractivity contribution in [1.82, 2.24) is 9.13 Å². The van der Waals surface area contributed by atoms with Crippen molar-refractivity contribution < 1.29 is 0 Å². The van der Waals surface area contributed by atoms with Gasteiger partial charge in [0.25, 0.3) is 0 Å². The summed E-state index contributed by atoms with van der Waals surface area (Å²) in [5.41, 5.74) is 15.2. The molecule has 1 aliphatic carbocycles. The molecule has 2 heterocycles. The van der Waals surface area contributed by atoms with Gasteiger partial charge in [-0.25, -0.2) is 0 Å². The Labute approximate surface area is 418 Å². The smallest absolute Gasteiger partial charge is 0.179 e. The Balaban J connectivity index is 1.01. The molecule has 13 rings (SSSR count). The summed E-state index contributed by atoms with van der Waals surface area (Å²) in [7, 11) is -2.90. The molecule has 2 nitrogen and oxygen atoms in total. The highest BCUT2D eigenvalue weighted by Crippen LogP contribution is 2.46. The molecule has 342 valence electrons. The summed E-state index contributed by atoms with van der Waals surface area (Å²) < 4.78 is 4.92. The third kappa shape index (κ3) is 6.82. The predicted molar refractivity (Wildman–Crippen MR) is 305 cm³/mol. The molecule has 0 fully saturated rings. The van der Waals surface area contributed by atoms with Crippen LogP contribution in [0.4, 0.5) is 0 Å². The molecule has 0 amide bonds. The number of aromatic nitrogens is 2. The average Bonchev–Trinajstić information content (AvgIpc) is 3.94. The Morgan fingerprint density at radius 3 is 1.56 bits per heavy atom. The van der Waals surface area contributed by atoms with E-state index in [1.165, 1.54) is 111 Å². The maximum atomic E-state index is 2.64. The van der Waals surface area contributed by atoms with Gasteiger partial charge in [-0.05, 0) is 126 Å². The van der Waals surface area contributed by atoms with Crippen LogP contribution < -0.4 is 20.7 Å². The Morgan fingerprint density at radius 1 is 0.324 bits per heavy atom. The molecule has 0 unspecified atom stereocenters. The largest absolute Gasteiger partial charge is 0.309 e. The van der Waals surface area contributed by atoms with Gasteiger partial charge in [0.05, 0.1) is 22.1 Å². The summed E-state index contributed by atoms with van der Waals surface area (Å²) in [5.74, 6) is 0. The van der Waals surface area contributed by atoms with E-state index < -0.39 is 8.07 Å². The third-order valence-electron chi connectivity index (χ3n) is 16.1. The van der Waals surface area contributed by atoms with Crippen molar-refractivity contribution in [3.63, 3.8) is 0 Å². The van der Waals surface area contributed by atoms with Crippen molar-refractivity contribution in [2.75, 3.05) is 0 Å². The summed E-state index contributed by atoms with van der Waals surface area (Å²) in [4.78, 5) is 0. The molecule has 0 spiro atoms. The highest BCUT2D eigenvalue weighted by atomic mass is 28.3. The number of nitrogens with zero attached hydrogens (tertiary/aromatic N) is 2. The van der Waals surface area contributed by atoms with Crippen molar-refractivity contribution in [2.24, 2.45) is 0 Å². The second-order valence-corrected chi connectivity index (χ2v) is 24.9. The second kappa shape index (κ2) is 16.6. The van der Waals surface area contributed by atoms with Gasteiger partial charge in [-0.15, -0.1) is 0 Å². The van der Waals surface area contributed by atoms with E-state index in [-0.39, 0.29) is 10.8 Å². The van der Waals surface area contributed by atoms with E-state index in [1.807, 2.05) is 0 Å². The van der Waals surface area contributed by atoms with E-state index in [2.05, 4.69) is 279 Å². The molecule has 10 aromatic carbocycles. The highest BCUT2D eigenvalue weighted by molar-refractivity contribution is 7.20. The number of hydrogen-bond acceptors (Lipinski definition) is 0. The van der Waals surface area contributed by atoms with Crippen LogP contribution in [0.1, 0.15) is 51.7 Å². The van der Waals surface area contributed by atoms with Crippen molar-refractivity contribution in [2.45, 2.75) is 51.4 Å². The number of rotatable bonds is 8. The van der Waals surface area contributed by atoms with E-state index in [4.69, 9.17) is 0 Å². The number of fused-ring (bicyclic) bond motifs is 7. The zero-order valence-electron chi connectivity index (χ0n) is 40.9. The normalized spacial score (nSPS) is 14.3. The summed E-state index contributed by atoms with van der Waals surface area (Å²) >= 11 is 0. The Hall–Kier alpha value is -7.98. The van der Waals surface area contributed by atoms with Gasteiger partial charge in [0.2, 0.25) is 0 Å². The Kier molecular flexibility index (Phi) is 10.1. The van der Waals surface area contributed by atoms with Gasteiger partial charge >= 0.3 is 0 Å².